The molecule has 5 rings (SSSR count). The predicted molar refractivity (Wildman–Crippen MR) is 118 cm³/mol. The van der Waals surface area contributed by atoms with Crippen molar-refractivity contribution in [3.63, 3.8) is 0 Å². The summed E-state index contributed by atoms with van der Waals surface area (Å²) >= 11 is 0. The molecule has 0 heterocycles. The molecule has 0 amide bonds. The maximum Gasteiger partial charge on any atom is 0.337 e. The Morgan fingerprint density at radius 3 is 2.62 bits per heavy atom. The highest BCUT2D eigenvalue weighted by Gasteiger charge is 2.56. The topological polar surface area (TPSA) is 59.3 Å². The zero-order valence-corrected chi connectivity index (χ0v) is 18.6. The van der Waals surface area contributed by atoms with Crippen molar-refractivity contribution < 1.29 is 18.7 Å². The van der Waals surface area contributed by atoms with Gasteiger partial charge in [-0.2, -0.15) is 5.26 Å². The van der Waals surface area contributed by atoms with Crippen molar-refractivity contribution in [3.8, 4) is 11.8 Å². The van der Waals surface area contributed by atoms with Crippen molar-refractivity contribution >= 4 is 5.97 Å². The molecule has 4 unspecified atom stereocenters. The van der Waals surface area contributed by atoms with Crippen molar-refractivity contribution in [2.45, 2.75) is 57.5 Å². The Morgan fingerprint density at radius 2 is 1.91 bits per heavy atom. The van der Waals surface area contributed by atoms with Gasteiger partial charge in [0.05, 0.1) is 18.2 Å². The number of hydrogen-bond donors (Lipinski definition) is 0. The van der Waals surface area contributed by atoms with Crippen LogP contribution in [0.1, 0.15) is 72.0 Å². The molecule has 5 atom stereocenters. The number of methoxy groups -OCH3 is 1. The van der Waals surface area contributed by atoms with E-state index in [2.05, 4.69) is 6.92 Å². The van der Waals surface area contributed by atoms with Gasteiger partial charge in [-0.15, -0.1) is 0 Å². The van der Waals surface area contributed by atoms with Crippen LogP contribution in [0.2, 0.25) is 0 Å². The first-order chi connectivity index (χ1) is 15.5. The summed E-state index contributed by atoms with van der Waals surface area (Å²) in [6, 6.07) is 12.8. The normalized spacial score (nSPS) is 30.4. The molecule has 0 saturated heterocycles. The number of carbonyl (C=O) groups excluding carboxylic acids is 1. The molecular formula is C27H28FNO3. The van der Waals surface area contributed by atoms with Crippen molar-refractivity contribution in [3.05, 3.63) is 64.5 Å². The fraction of sp³-hybridized carbons (Fsp3) is 0.481. The van der Waals surface area contributed by atoms with Crippen LogP contribution in [0.25, 0.3) is 0 Å². The lowest BCUT2D eigenvalue weighted by Gasteiger charge is -2.50. The van der Waals surface area contributed by atoms with Gasteiger partial charge >= 0.3 is 5.97 Å². The lowest BCUT2D eigenvalue weighted by Crippen LogP contribution is -2.45. The SMILES string of the molecule is COC(=O)c1ccc(OC2CCC3C4CCc5c(ccc(C#N)c5F)C4CC[C@]23C)cc1. The standard InChI is InChI=1S/C27H28FNO3/c1-27-14-13-20-19-8-5-17(15-29)25(28)22(19)10-9-21(20)23(27)11-12-24(27)32-18-6-3-16(4-7-18)26(30)31-2/h3-8,20-21,23-24H,9-14H2,1-2H3/t20?,21?,23?,24?,27-/m0/s1. The fourth-order valence-corrected chi connectivity index (χ4v) is 6.81. The van der Waals surface area contributed by atoms with E-state index in [4.69, 9.17) is 9.47 Å². The molecule has 0 radical (unpaired) electrons. The number of fused-ring (bicyclic) bond motifs is 5. The number of rotatable bonds is 3. The van der Waals surface area contributed by atoms with Crippen LogP contribution in [-0.4, -0.2) is 19.2 Å². The van der Waals surface area contributed by atoms with Crippen LogP contribution in [0.5, 0.6) is 5.75 Å². The lowest BCUT2D eigenvalue weighted by molar-refractivity contribution is -0.0108. The number of hydrogen-bond acceptors (Lipinski definition) is 4. The van der Waals surface area contributed by atoms with Crippen molar-refractivity contribution in [1.29, 1.82) is 5.26 Å². The first-order valence-corrected chi connectivity index (χ1v) is 11.5. The quantitative estimate of drug-likeness (QED) is 0.575. The van der Waals surface area contributed by atoms with Gasteiger partial charge in [0, 0.05) is 5.41 Å². The summed E-state index contributed by atoms with van der Waals surface area (Å²) in [5, 5.41) is 9.19. The van der Waals surface area contributed by atoms with Crippen LogP contribution in [0.15, 0.2) is 36.4 Å². The molecule has 0 aliphatic heterocycles. The van der Waals surface area contributed by atoms with E-state index in [0.29, 0.717) is 29.7 Å². The minimum atomic E-state index is -0.348. The third-order valence-corrected chi connectivity index (χ3v) is 8.43. The number of halogens is 1. The van der Waals surface area contributed by atoms with Crippen LogP contribution < -0.4 is 4.74 Å². The molecule has 5 heteroatoms. The highest BCUT2D eigenvalue weighted by Crippen LogP contribution is 2.61. The highest BCUT2D eigenvalue weighted by atomic mass is 19.1. The predicted octanol–water partition coefficient (Wildman–Crippen LogP) is 5.79. The third kappa shape index (κ3) is 3.20. The van der Waals surface area contributed by atoms with E-state index in [1.54, 1.807) is 18.2 Å². The second-order valence-corrected chi connectivity index (χ2v) is 9.77. The average molecular weight is 434 g/mol. The van der Waals surface area contributed by atoms with Gasteiger partial charge in [0.25, 0.3) is 0 Å². The minimum absolute atomic E-state index is 0.0881. The summed E-state index contributed by atoms with van der Waals surface area (Å²) in [5.41, 5.74) is 2.66. The minimum Gasteiger partial charge on any atom is -0.490 e. The molecule has 2 saturated carbocycles. The largest absolute Gasteiger partial charge is 0.490 e. The van der Waals surface area contributed by atoms with Crippen LogP contribution in [0, 0.1) is 34.4 Å². The Labute approximate surface area is 188 Å². The molecule has 4 nitrogen and oxygen atoms in total. The smallest absolute Gasteiger partial charge is 0.337 e. The summed E-state index contributed by atoms with van der Waals surface area (Å²) in [5.74, 6) is 1.58. The Balaban J connectivity index is 1.36. The fourth-order valence-electron chi connectivity index (χ4n) is 6.81. The maximum atomic E-state index is 14.8. The Kier molecular flexibility index (Phi) is 5.20. The first-order valence-electron chi connectivity index (χ1n) is 11.5. The Morgan fingerprint density at radius 1 is 1.12 bits per heavy atom. The van der Waals surface area contributed by atoms with E-state index >= 15 is 0 Å². The van der Waals surface area contributed by atoms with E-state index in [-0.39, 0.29) is 28.9 Å². The van der Waals surface area contributed by atoms with E-state index in [0.717, 1.165) is 49.0 Å². The number of carbonyl (C=O) groups is 1. The van der Waals surface area contributed by atoms with Gasteiger partial charge < -0.3 is 9.47 Å². The summed E-state index contributed by atoms with van der Waals surface area (Å²) < 4.78 is 26.0. The molecule has 0 spiro atoms. The number of esters is 1. The maximum absolute atomic E-state index is 14.8. The van der Waals surface area contributed by atoms with E-state index in [9.17, 15) is 14.4 Å². The zero-order chi connectivity index (χ0) is 22.5. The van der Waals surface area contributed by atoms with Gasteiger partial charge in [-0.25, -0.2) is 9.18 Å². The molecule has 0 bridgehead atoms. The molecule has 2 aromatic carbocycles. The van der Waals surface area contributed by atoms with Gasteiger partial charge in [-0.1, -0.05) is 13.0 Å². The van der Waals surface area contributed by atoms with E-state index in [1.807, 2.05) is 24.3 Å². The van der Waals surface area contributed by atoms with Crippen molar-refractivity contribution in [2.75, 3.05) is 7.11 Å². The monoisotopic (exact) mass is 433 g/mol. The second-order valence-electron chi connectivity index (χ2n) is 9.77. The van der Waals surface area contributed by atoms with Crippen LogP contribution in [0.3, 0.4) is 0 Å². The second kappa shape index (κ2) is 7.92. The van der Waals surface area contributed by atoms with Crippen molar-refractivity contribution in [2.24, 2.45) is 17.3 Å². The summed E-state index contributed by atoms with van der Waals surface area (Å²) in [4.78, 5) is 11.7. The molecule has 2 aromatic rings. The van der Waals surface area contributed by atoms with Gasteiger partial charge in [0.1, 0.15) is 23.7 Å². The summed E-state index contributed by atoms with van der Waals surface area (Å²) in [6.07, 6.45) is 6.03. The molecule has 3 aliphatic carbocycles. The number of nitrogens with zero attached hydrogens (tertiary/aromatic N) is 1. The Hall–Kier alpha value is -2.87. The zero-order valence-electron chi connectivity index (χ0n) is 18.6. The first kappa shape index (κ1) is 21.0. The van der Waals surface area contributed by atoms with Crippen LogP contribution in [-0.2, 0) is 11.2 Å². The number of ether oxygens (including phenoxy) is 2. The number of benzene rings is 2. The molecule has 3 aliphatic rings. The van der Waals surface area contributed by atoms with Gasteiger partial charge in [0.2, 0.25) is 0 Å². The van der Waals surface area contributed by atoms with Crippen LogP contribution >= 0.6 is 0 Å². The van der Waals surface area contributed by atoms with E-state index < -0.39 is 0 Å². The van der Waals surface area contributed by atoms with Gasteiger partial charge in [-0.05, 0) is 97.7 Å². The average Bonchev–Trinajstić information content (AvgIpc) is 3.15. The lowest BCUT2D eigenvalue weighted by atomic mass is 9.55. The summed E-state index contributed by atoms with van der Waals surface area (Å²) in [7, 11) is 1.38. The molecule has 2 fully saturated rings. The molecule has 0 aromatic heterocycles. The third-order valence-electron chi connectivity index (χ3n) is 8.43. The van der Waals surface area contributed by atoms with Gasteiger partial charge in [0.15, 0.2) is 0 Å². The molecule has 32 heavy (non-hydrogen) atoms. The van der Waals surface area contributed by atoms with E-state index in [1.165, 1.54) is 7.11 Å². The highest BCUT2D eigenvalue weighted by molar-refractivity contribution is 5.89. The molecule has 0 N–H and O–H groups in total. The number of nitriles is 1. The molecular weight excluding hydrogens is 405 g/mol. The Bertz CT molecular complexity index is 1090. The molecule has 166 valence electrons. The van der Waals surface area contributed by atoms with Crippen molar-refractivity contribution in [1.82, 2.24) is 0 Å². The summed E-state index contributed by atoms with van der Waals surface area (Å²) in [6.45, 7) is 2.36. The van der Waals surface area contributed by atoms with Gasteiger partial charge in [-0.3, -0.25) is 0 Å². The van der Waals surface area contributed by atoms with Crippen LogP contribution in [0.4, 0.5) is 4.39 Å².